The van der Waals surface area contributed by atoms with Crippen molar-refractivity contribution in [2.75, 3.05) is 0 Å². The molecule has 0 aliphatic heterocycles. The van der Waals surface area contributed by atoms with E-state index < -0.39 is 0 Å². The predicted molar refractivity (Wildman–Crippen MR) is 113 cm³/mol. The standard InChI is InChI=1S/C26H20N.2ClH.Cr/c1-18-21(17-22-10-4-8-19-7-2-3-12-24(19)22)14-15-23(18)25-13-5-9-20-11-6-16-27-26(20)25;;;/h2-16H,17H2,1H3;2*1H;/q;;;+2/p-2. The van der Waals surface area contributed by atoms with E-state index in [1.165, 1.54) is 38.4 Å². The molecular weight excluding hydrogens is 449 g/mol. The Bertz CT molecular complexity index is 1270. The van der Waals surface area contributed by atoms with Crippen LogP contribution in [0.1, 0.15) is 18.1 Å². The second-order valence-electron chi connectivity index (χ2n) is 7.41. The first kappa shape index (κ1) is 22.6. The molecule has 1 heterocycles. The molecule has 1 unspecified atom stereocenters. The summed E-state index contributed by atoms with van der Waals surface area (Å²) in [7, 11) is 0. The molecule has 0 fully saturated rings. The second-order valence-corrected chi connectivity index (χ2v) is 8.42. The Labute approximate surface area is 198 Å². The van der Waals surface area contributed by atoms with Gasteiger partial charge in [0.15, 0.2) is 0 Å². The van der Waals surface area contributed by atoms with E-state index in [2.05, 4.69) is 107 Å². The summed E-state index contributed by atoms with van der Waals surface area (Å²) in [5, 5.41) is 3.81. The molecule has 3 aromatic carbocycles. The van der Waals surface area contributed by atoms with Crippen LogP contribution < -0.4 is 24.8 Å². The van der Waals surface area contributed by atoms with E-state index in [0.717, 1.165) is 11.9 Å². The average molecular weight is 469 g/mol. The number of halogens is 2. The summed E-state index contributed by atoms with van der Waals surface area (Å²) in [6.07, 6.45) is 7.40. The Morgan fingerprint density at radius 3 is 2.40 bits per heavy atom. The Kier molecular flexibility index (Phi) is 6.75. The van der Waals surface area contributed by atoms with E-state index in [9.17, 15) is 0 Å². The molecule has 5 rings (SSSR count). The van der Waals surface area contributed by atoms with Crippen molar-refractivity contribution in [3.63, 3.8) is 0 Å². The van der Waals surface area contributed by atoms with Crippen LogP contribution in [-0.2, 0) is 27.0 Å². The molecule has 4 aromatic rings. The molecule has 1 aliphatic rings. The van der Waals surface area contributed by atoms with E-state index in [0.29, 0.717) is 0 Å². The molecule has 0 amide bonds. The van der Waals surface area contributed by atoms with E-state index >= 15 is 0 Å². The molecule has 4 heteroatoms. The molecule has 0 radical (unpaired) electrons. The molecule has 0 saturated carbocycles. The molecule has 1 aromatic heterocycles. The largest absolute Gasteiger partial charge is 1.00 e. The Hall–Kier alpha value is -2.08. The maximum atomic E-state index is 4.68. The third kappa shape index (κ3) is 3.71. The van der Waals surface area contributed by atoms with Crippen LogP contribution in [-0.4, -0.2) is 4.98 Å². The number of hydrogen-bond donors (Lipinski definition) is 0. The number of hydrogen-bond acceptors (Lipinski definition) is 1. The van der Waals surface area contributed by atoms with Gasteiger partial charge in [0, 0.05) is 0 Å². The molecule has 1 nitrogen and oxygen atoms in total. The van der Waals surface area contributed by atoms with Gasteiger partial charge in [-0.05, 0) is 0 Å². The number of para-hydroxylation sites is 1. The number of allylic oxidation sites excluding steroid dienone is 4. The zero-order valence-corrected chi connectivity index (χ0v) is 19.3. The fourth-order valence-corrected chi connectivity index (χ4v) is 4.81. The molecule has 1 aliphatic carbocycles. The first-order chi connectivity index (χ1) is 13.7. The maximum absolute atomic E-state index is 4.68. The minimum atomic E-state index is -0.242. The van der Waals surface area contributed by atoms with Crippen LogP contribution in [0.25, 0.3) is 21.7 Å². The van der Waals surface area contributed by atoms with Crippen LogP contribution in [0.3, 0.4) is 0 Å². The van der Waals surface area contributed by atoms with E-state index in [1.807, 2.05) is 12.3 Å². The summed E-state index contributed by atoms with van der Waals surface area (Å²) < 4.78 is -0.242. The predicted octanol–water partition coefficient (Wildman–Crippen LogP) is 0.267. The maximum Gasteiger partial charge on any atom is -1.00 e. The zero-order chi connectivity index (χ0) is 19.1. The molecule has 0 bridgehead atoms. The van der Waals surface area contributed by atoms with Crippen molar-refractivity contribution in [3.8, 4) is 0 Å². The summed E-state index contributed by atoms with van der Waals surface area (Å²) in [6.45, 7) is 2.25. The molecule has 0 saturated heterocycles. The first-order valence-corrected chi connectivity index (χ1v) is 10.2. The van der Waals surface area contributed by atoms with Gasteiger partial charge in [-0.15, -0.1) is 0 Å². The van der Waals surface area contributed by atoms with Gasteiger partial charge in [0.05, 0.1) is 0 Å². The van der Waals surface area contributed by atoms with Gasteiger partial charge in [0.25, 0.3) is 0 Å². The van der Waals surface area contributed by atoms with Crippen molar-refractivity contribution < 1.29 is 41.1 Å². The Morgan fingerprint density at radius 1 is 0.833 bits per heavy atom. The molecule has 149 valence electrons. The van der Waals surface area contributed by atoms with Gasteiger partial charge < -0.3 is 24.8 Å². The van der Waals surface area contributed by atoms with Crippen LogP contribution in [0.4, 0.5) is 0 Å². The molecule has 30 heavy (non-hydrogen) atoms. The Balaban J connectivity index is 0.00000128. The van der Waals surface area contributed by atoms with Gasteiger partial charge in [-0.3, -0.25) is 0 Å². The minimum absolute atomic E-state index is 0. The van der Waals surface area contributed by atoms with E-state index in [1.54, 1.807) is 0 Å². The van der Waals surface area contributed by atoms with Crippen molar-refractivity contribution in [3.05, 3.63) is 113 Å². The molecular formula is C26H20Cl2CrN. The van der Waals surface area contributed by atoms with Gasteiger partial charge >= 0.3 is 174 Å². The normalized spacial score (nSPS) is 17.7. The van der Waals surface area contributed by atoms with Gasteiger partial charge in [-0.2, -0.15) is 0 Å². The summed E-state index contributed by atoms with van der Waals surface area (Å²) in [5.74, 6) is 0. The van der Waals surface area contributed by atoms with Crippen molar-refractivity contribution in [1.82, 2.24) is 4.98 Å². The number of pyridine rings is 1. The van der Waals surface area contributed by atoms with Crippen molar-refractivity contribution in [2.45, 2.75) is 17.6 Å². The SMILES string of the molecule is CC1=C(Cc2cccc3ccccc23)C=C[C]1([Cr+2])c1cccc2cccnc12.[Cl-].[Cl-]. The third-order valence-corrected chi connectivity index (χ3v) is 6.89. The minimum Gasteiger partial charge on any atom is -1.00 e. The van der Waals surface area contributed by atoms with Crippen LogP contribution in [0, 0.1) is 0 Å². The van der Waals surface area contributed by atoms with Crippen LogP contribution in [0.2, 0.25) is 0 Å². The topological polar surface area (TPSA) is 12.9 Å². The fraction of sp³-hybridized carbons (Fsp3) is 0.115. The number of benzene rings is 3. The van der Waals surface area contributed by atoms with E-state index in [4.69, 9.17) is 0 Å². The number of rotatable bonds is 3. The van der Waals surface area contributed by atoms with Crippen LogP contribution in [0.15, 0.2) is 102 Å². The number of nitrogens with zero attached hydrogens (tertiary/aromatic N) is 1. The van der Waals surface area contributed by atoms with Crippen LogP contribution >= 0.6 is 0 Å². The third-order valence-electron chi connectivity index (χ3n) is 5.85. The number of fused-ring (bicyclic) bond motifs is 2. The summed E-state index contributed by atoms with van der Waals surface area (Å²) in [5.41, 5.74) is 6.41. The molecule has 0 spiro atoms. The molecule has 1 atom stereocenters. The van der Waals surface area contributed by atoms with E-state index in [-0.39, 0.29) is 29.1 Å². The van der Waals surface area contributed by atoms with Gasteiger partial charge in [-0.25, -0.2) is 0 Å². The monoisotopic (exact) mass is 468 g/mol. The fourth-order valence-electron chi connectivity index (χ4n) is 4.25. The Morgan fingerprint density at radius 2 is 1.53 bits per heavy atom. The average Bonchev–Trinajstić information content (AvgIpc) is 3.03. The summed E-state index contributed by atoms with van der Waals surface area (Å²) >= 11 is 3.48. The van der Waals surface area contributed by atoms with Crippen molar-refractivity contribution in [2.24, 2.45) is 0 Å². The van der Waals surface area contributed by atoms with Crippen LogP contribution in [0.5, 0.6) is 0 Å². The van der Waals surface area contributed by atoms with Crippen molar-refractivity contribution >= 4 is 21.7 Å². The van der Waals surface area contributed by atoms with Gasteiger partial charge in [-0.1, -0.05) is 0 Å². The second kappa shape index (κ2) is 8.96. The summed E-state index contributed by atoms with van der Waals surface area (Å²) in [4.78, 5) is 4.68. The summed E-state index contributed by atoms with van der Waals surface area (Å²) in [6, 6.07) is 25.8. The van der Waals surface area contributed by atoms with Crippen molar-refractivity contribution in [1.29, 1.82) is 0 Å². The number of aromatic nitrogens is 1. The molecule has 0 N–H and O–H groups in total. The first-order valence-electron chi connectivity index (χ1n) is 9.57. The smallest absolute Gasteiger partial charge is 1.00 e. The van der Waals surface area contributed by atoms with Gasteiger partial charge in [0.1, 0.15) is 0 Å². The quantitative estimate of drug-likeness (QED) is 0.420. The van der Waals surface area contributed by atoms with Gasteiger partial charge in [0.2, 0.25) is 0 Å². The zero-order valence-electron chi connectivity index (χ0n) is 16.5.